The Bertz CT molecular complexity index is 3710. The molecule has 0 saturated carbocycles. The zero-order valence-electron chi connectivity index (χ0n) is 42.0. The van der Waals surface area contributed by atoms with E-state index in [-0.39, 0.29) is 55.1 Å². The number of furan rings is 2. The fourth-order valence-corrected chi connectivity index (χ4v) is 7.38. The van der Waals surface area contributed by atoms with E-state index in [2.05, 4.69) is 54.6 Å². The summed E-state index contributed by atoms with van der Waals surface area (Å²) < 4.78 is 65.8. The van der Waals surface area contributed by atoms with E-state index < -0.39 is 15.6 Å². The van der Waals surface area contributed by atoms with E-state index in [0.717, 1.165) is 96.0 Å². The number of aliphatic hydroxyl groups excluding tert-OH is 1. The number of benzene rings is 6. The summed E-state index contributed by atoms with van der Waals surface area (Å²) in [5.74, 6) is 0. The van der Waals surface area contributed by atoms with Crippen molar-refractivity contribution >= 4 is 54.0 Å². The van der Waals surface area contributed by atoms with Gasteiger partial charge in [0.25, 0.3) is 0 Å². The quantitative estimate of drug-likeness (QED) is 0.0712. The number of aliphatic hydroxyl groups is 1. The molecule has 6 heterocycles. The van der Waals surface area contributed by atoms with E-state index in [1.807, 2.05) is 176 Å². The van der Waals surface area contributed by atoms with E-state index in [0.29, 0.717) is 11.1 Å². The Morgan fingerprint density at radius 2 is 0.951 bits per heavy atom. The molecule has 0 spiro atoms. The molecule has 6 aromatic heterocycles. The second-order valence-corrected chi connectivity index (χ2v) is 17.0. The van der Waals surface area contributed by atoms with E-state index in [4.69, 9.17) is 29.7 Å². The standard InChI is InChI=1S/C18H10N2O.C18H9N2O.2C11H8N.CHF3O4S.CH4O.CH4.CH3.2Ir/c2*19-11-12-7-8-17-15(10-12)13-4-3-5-14(18(13)21-17)16-6-1-2-9-20-16;2*1-2-6-10(7-3-1)11-8-4-5-9-12-11;2-1(3,4)9(6,7)8-5;1-2;;;;/h1-10H;1-4,6-10H;2*1-6,8-9H;5H;2H,1H3;1H4;1H3;;/q;3*-1;;;;-1;;. The van der Waals surface area contributed by atoms with Gasteiger partial charge in [0.15, 0.2) is 0 Å². The van der Waals surface area contributed by atoms with Crippen LogP contribution in [0.2, 0.25) is 0 Å². The summed E-state index contributed by atoms with van der Waals surface area (Å²) in [6.45, 7) is 0. The minimum atomic E-state index is -5.78. The van der Waals surface area contributed by atoms with Crippen LogP contribution in [-0.4, -0.2) is 51.3 Å². The predicted molar refractivity (Wildman–Crippen MR) is 299 cm³/mol. The molecule has 19 heteroatoms. The fourth-order valence-electron chi connectivity index (χ4n) is 7.30. The van der Waals surface area contributed by atoms with Gasteiger partial charge < -0.3 is 36.3 Å². The fraction of sp³-hybridized carbons (Fsp3) is 0.0484. The Morgan fingerprint density at radius 1 is 0.519 bits per heavy atom. The minimum Gasteiger partial charge on any atom is -0.501 e. The Kier molecular flexibility index (Phi) is 26.7. The molecule has 0 aliphatic carbocycles. The molecule has 0 aliphatic heterocycles. The molecule has 12 rings (SSSR count). The van der Waals surface area contributed by atoms with Crippen LogP contribution >= 0.6 is 0 Å². The molecule has 2 N–H and O–H groups in total. The molecule has 416 valence electrons. The smallest absolute Gasteiger partial charge is 0.501 e. The number of nitriles is 2. The normalized spacial score (nSPS) is 10.1. The van der Waals surface area contributed by atoms with Gasteiger partial charge in [0.2, 0.25) is 0 Å². The zero-order valence-corrected chi connectivity index (χ0v) is 47.6. The van der Waals surface area contributed by atoms with Gasteiger partial charge in [-0.3, -0.25) is 4.98 Å². The number of nitrogens with zero attached hydrogens (tertiary/aromatic N) is 6. The van der Waals surface area contributed by atoms with Gasteiger partial charge in [0.05, 0.1) is 34.5 Å². The minimum absolute atomic E-state index is 0. The maximum Gasteiger partial charge on any atom is 0.525 e. The molecule has 13 nitrogen and oxygen atoms in total. The van der Waals surface area contributed by atoms with Crippen LogP contribution in [0.1, 0.15) is 18.6 Å². The summed E-state index contributed by atoms with van der Waals surface area (Å²) in [5, 5.41) is 36.1. The largest absolute Gasteiger partial charge is 0.525 e. The van der Waals surface area contributed by atoms with Crippen molar-refractivity contribution in [2.75, 3.05) is 7.11 Å². The first kappa shape index (κ1) is 66.7. The SMILES string of the molecule is C.CO.N#Cc1ccc2oc3c(-c4ccccn4)[c-]ccc3c2c1.N#Cc1ccc2oc3c(-c4ccccn4)cccc3c2c1.O=S(=O)(OO)C(F)(F)F.[CH3-].[Ir].[Ir].[c-]1ccccc1-c1ccccn1.[c-]1ccccc1-c1ccccn1. The molecule has 0 aliphatic rings. The molecule has 6 aromatic carbocycles. The summed E-state index contributed by atoms with van der Waals surface area (Å²) >= 11 is 0. The Labute approximate surface area is 493 Å². The summed E-state index contributed by atoms with van der Waals surface area (Å²) in [5.41, 5.74) is 6.33. The maximum atomic E-state index is 11.0. The molecule has 0 saturated heterocycles. The van der Waals surface area contributed by atoms with Crippen LogP contribution in [0.15, 0.2) is 222 Å². The van der Waals surface area contributed by atoms with Gasteiger partial charge >= 0.3 is 15.6 Å². The number of alkyl halides is 3. The number of hydrogen-bond acceptors (Lipinski definition) is 13. The summed E-state index contributed by atoms with van der Waals surface area (Å²) in [4.78, 5) is 17.2. The van der Waals surface area contributed by atoms with Crippen molar-refractivity contribution in [1.29, 1.82) is 10.5 Å². The van der Waals surface area contributed by atoms with Crippen LogP contribution in [0, 0.1) is 48.3 Å². The average molecular weight is 1460 g/mol. The second-order valence-electron chi connectivity index (χ2n) is 15.5. The van der Waals surface area contributed by atoms with Crippen LogP contribution in [0.25, 0.3) is 88.9 Å². The molecule has 2 radical (unpaired) electrons. The molecule has 12 aromatic rings. The van der Waals surface area contributed by atoms with Crippen molar-refractivity contribution in [3.05, 3.63) is 250 Å². The predicted octanol–water partition coefficient (Wildman–Crippen LogP) is 15.0. The van der Waals surface area contributed by atoms with Gasteiger partial charge in [-0.05, 0) is 89.9 Å². The van der Waals surface area contributed by atoms with Crippen LogP contribution in [0.3, 0.4) is 0 Å². The van der Waals surface area contributed by atoms with Crippen molar-refractivity contribution in [3.63, 3.8) is 0 Å². The van der Waals surface area contributed by atoms with Gasteiger partial charge in [-0.15, -0.1) is 94.3 Å². The summed E-state index contributed by atoms with van der Waals surface area (Å²) in [6.07, 6.45) is 7.09. The molecule has 0 fully saturated rings. The first-order chi connectivity index (χ1) is 37.5. The molecule has 81 heavy (non-hydrogen) atoms. The Balaban J connectivity index is 0.000000270. The number of rotatable bonds is 5. The van der Waals surface area contributed by atoms with Crippen LogP contribution in [0.5, 0.6) is 0 Å². The van der Waals surface area contributed by atoms with Gasteiger partial charge in [-0.25, -0.2) is 5.26 Å². The van der Waals surface area contributed by atoms with Gasteiger partial charge in [0.1, 0.15) is 16.7 Å². The van der Waals surface area contributed by atoms with E-state index >= 15 is 0 Å². The average Bonchev–Trinajstić information content (AvgIpc) is 4.22. The zero-order chi connectivity index (χ0) is 54.6. The van der Waals surface area contributed by atoms with Crippen molar-refractivity contribution in [1.82, 2.24) is 19.9 Å². The van der Waals surface area contributed by atoms with Crippen LogP contribution < -0.4 is 0 Å². The molecule has 0 atom stereocenters. The monoisotopic (exact) mass is 1460 g/mol. The summed E-state index contributed by atoms with van der Waals surface area (Å²) in [6, 6.07) is 73.4. The van der Waals surface area contributed by atoms with E-state index in [9.17, 15) is 21.6 Å². The maximum absolute atomic E-state index is 11.0. The second kappa shape index (κ2) is 32.5. The van der Waals surface area contributed by atoms with Crippen molar-refractivity contribution in [2.45, 2.75) is 12.9 Å². The Hall–Kier alpha value is -8.58. The van der Waals surface area contributed by atoms with Crippen molar-refractivity contribution in [3.8, 4) is 57.2 Å². The molecular formula is C62H47F3Ir2N6O7S-4. The molecule has 0 bridgehead atoms. The van der Waals surface area contributed by atoms with E-state index in [1.54, 1.807) is 36.9 Å². The number of para-hydroxylation sites is 1. The molecule has 0 unspecified atom stereocenters. The number of fused-ring (bicyclic) bond motifs is 6. The first-order valence-corrected chi connectivity index (χ1v) is 24.2. The van der Waals surface area contributed by atoms with Crippen molar-refractivity contribution < 1.29 is 85.3 Å². The van der Waals surface area contributed by atoms with Crippen LogP contribution in [0.4, 0.5) is 13.2 Å². The summed E-state index contributed by atoms with van der Waals surface area (Å²) in [7, 11) is -4.78. The number of halogens is 3. The van der Waals surface area contributed by atoms with Crippen molar-refractivity contribution in [2.24, 2.45) is 0 Å². The number of hydrogen-bond donors (Lipinski definition) is 2. The third-order valence-electron chi connectivity index (χ3n) is 10.7. The first-order valence-electron chi connectivity index (χ1n) is 22.8. The van der Waals surface area contributed by atoms with Crippen LogP contribution in [-0.2, 0) is 54.7 Å². The van der Waals surface area contributed by atoms with Gasteiger partial charge in [-0.1, -0.05) is 73.0 Å². The molecular weight excluding hydrogens is 1410 g/mol. The third kappa shape index (κ3) is 17.2. The Morgan fingerprint density at radius 3 is 1.35 bits per heavy atom. The third-order valence-corrected chi connectivity index (χ3v) is 11.5. The number of pyridine rings is 4. The molecule has 0 amide bonds. The van der Waals surface area contributed by atoms with Gasteiger partial charge in [-0.2, -0.15) is 32.1 Å². The van der Waals surface area contributed by atoms with E-state index in [1.165, 1.54) is 0 Å². The topological polar surface area (TPSA) is 209 Å². The number of aromatic nitrogens is 4. The van der Waals surface area contributed by atoms with Gasteiger partial charge in [0, 0.05) is 93.8 Å².